The summed E-state index contributed by atoms with van der Waals surface area (Å²) >= 11 is 0. The Morgan fingerprint density at radius 1 is 1.53 bits per heavy atom. The largest absolute Gasteiger partial charge is 0.383 e. The Kier molecular flexibility index (Phi) is 4.95. The highest BCUT2D eigenvalue weighted by molar-refractivity contribution is 5.82. The smallest absolute Gasteiger partial charge is 0.242 e. The summed E-state index contributed by atoms with van der Waals surface area (Å²) in [4.78, 5) is 14.1. The molecular weight excluding hydrogens is 216 g/mol. The van der Waals surface area contributed by atoms with Crippen molar-refractivity contribution in [1.82, 2.24) is 4.90 Å². The van der Waals surface area contributed by atoms with Crippen molar-refractivity contribution in [1.29, 1.82) is 0 Å². The van der Waals surface area contributed by atoms with Gasteiger partial charge in [0.25, 0.3) is 0 Å². The lowest BCUT2D eigenvalue weighted by Crippen LogP contribution is -2.48. The average Bonchev–Trinajstić information content (AvgIpc) is 2.62. The van der Waals surface area contributed by atoms with Gasteiger partial charge in [-0.3, -0.25) is 4.79 Å². The second kappa shape index (κ2) is 5.83. The van der Waals surface area contributed by atoms with E-state index in [1.165, 1.54) is 0 Å². The van der Waals surface area contributed by atoms with E-state index < -0.39 is 6.04 Å². The summed E-state index contributed by atoms with van der Waals surface area (Å²) in [5.41, 5.74) is 6.07. The number of nitrogens with two attached hydrogens (primary N) is 1. The summed E-state index contributed by atoms with van der Waals surface area (Å²) in [5, 5.41) is 0. The molecule has 0 aliphatic carbocycles. The topological polar surface area (TPSA) is 55.6 Å². The van der Waals surface area contributed by atoms with E-state index in [4.69, 9.17) is 10.5 Å². The van der Waals surface area contributed by atoms with Crippen LogP contribution in [0.3, 0.4) is 0 Å². The number of carbonyl (C=O) groups excluding carboxylic acids is 1. The Labute approximate surface area is 104 Å². The molecule has 1 saturated heterocycles. The number of hydrogen-bond donors (Lipinski definition) is 1. The zero-order valence-corrected chi connectivity index (χ0v) is 11.5. The molecule has 0 aromatic heterocycles. The van der Waals surface area contributed by atoms with Gasteiger partial charge in [0, 0.05) is 19.7 Å². The van der Waals surface area contributed by atoms with Crippen LogP contribution in [0.5, 0.6) is 0 Å². The molecule has 1 aliphatic heterocycles. The Morgan fingerprint density at radius 3 is 2.71 bits per heavy atom. The van der Waals surface area contributed by atoms with Crippen LogP contribution in [-0.2, 0) is 9.53 Å². The van der Waals surface area contributed by atoms with Gasteiger partial charge >= 0.3 is 0 Å². The van der Waals surface area contributed by atoms with Crippen LogP contribution < -0.4 is 5.73 Å². The molecule has 0 spiro atoms. The van der Waals surface area contributed by atoms with Gasteiger partial charge in [-0.1, -0.05) is 20.8 Å². The predicted octanol–water partition coefficient (Wildman–Crippen LogP) is 1.39. The number of rotatable bonds is 4. The fourth-order valence-corrected chi connectivity index (χ4v) is 2.51. The monoisotopic (exact) mass is 242 g/mol. The molecule has 2 unspecified atom stereocenters. The van der Waals surface area contributed by atoms with Crippen molar-refractivity contribution in [3.05, 3.63) is 0 Å². The van der Waals surface area contributed by atoms with Crippen molar-refractivity contribution in [3.63, 3.8) is 0 Å². The lowest BCUT2D eigenvalue weighted by atomic mass is 9.87. The van der Waals surface area contributed by atoms with Crippen LogP contribution in [0.15, 0.2) is 0 Å². The minimum absolute atomic E-state index is 0.0404. The van der Waals surface area contributed by atoms with Gasteiger partial charge in [-0.05, 0) is 24.7 Å². The highest BCUT2D eigenvalue weighted by Crippen LogP contribution is 2.30. The fourth-order valence-electron chi connectivity index (χ4n) is 2.51. The number of ether oxygens (including phenoxy) is 1. The lowest BCUT2D eigenvalue weighted by Gasteiger charge is -2.31. The molecule has 0 saturated carbocycles. The molecule has 0 radical (unpaired) electrons. The summed E-state index contributed by atoms with van der Waals surface area (Å²) < 4.78 is 4.95. The van der Waals surface area contributed by atoms with Crippen molar-refractivity contribution in [2.45, 2.75) is 52.1 Å². The normalized spacial score (nSPS) is 22.9. The van der Waals surface area contributed by atoms with Crippen LogP contribution in [0.1, 0.15) is 40.0 Å². The van der Waals surface area contributed by atoms with E-state index in [-0.39, 0.29) is 11.3 Å². The first-order chi connectivity index (χ1) is 7.85. The lowest BCUT2D eigenvalue weighted by molar-refractivity contribution is -0.135. The third kappa shape index (κ3) is 4.28. The molecule has 17 heavy (non-hydrogen) atoms. The molecule has 0 aromatic rings. The van der Waals surface area contributed by atoms with Crippen LogP contribution in [0.4, 0.5) is 0 Å². The van der Waals surface area contributed by atoms with Crippen LogP contribution in [0.25, 0.3) is 0 Å². The van der Waals surface area contributed by atoms with Crippen LogP contribution >= 0.6 is 0 Å². The van der Waals surface area contributed by atoms with Gasteiger partial charge in [0.15, 0.2) is 0 Å². The number of carbonyl (C=O) groups is 1. The third-order valence-corrected chi connectivity index (χ3v) is 3.17. The van der Waals surface area contributed by atoms with Crippen molar-refractivity contribution in [3.8, 4) is 0 Å². The van der Waals surface area contributed by atoms with Gasteiger partial charge in [-0.25, -0.2) is 0 Å². The predicted molar refractivity (Wildman–Crippen MR) is 68.7 cm³/mol. The summed E-state index contributed by atoms with van der Waals surface area (Å²) in [6, 6.07) is -0.161. The number of hydrogen-bond acceptors (Lipinski definition) is 3. The molecule has 2 N–H and O–H groups in total. The van der Waals surface area contributed by atoms with Crippen molar-refractivity contribution in [2.75, 3.05) is 20.3 Å². The van der Waals surface area contributed by atoms with E-state index in [1.807, 2.05) is 4.90 Å². The molecule has 4 heteroatoms. The molecule has 100 valence electrons. The van der Waals surface area contributed by atoms with Gasteiger partial charge in [-0.15, -0.1) is 0 Å². The van der Waals surface area contributed by atoms with Crippen LogP contribution in [0.2, 0.25) is 0 Å². The van der Waals surface area contributed by atoms with Gasteiger partial charge in [0.05, 0.1) is 6.61 Å². The van der Waals surface area contributed by atoms with E-state index in [0.717, 1.165) is 25.8 Å². The molecule has 4 nitrogen and oxygen atoms in total. The first-order valence-corrected chi connectivity index (χ1v) is 6.40. The SMILES string of the molecule is COCC(N)C(=O)N1CCCC1CC(C)(C)C. The van der Waals surface area contributed by atoms with Gasteiger partial charge in [0.1, 0.15) is 6.04 Å². The molecule has 1 rings (SSSR count). The molecule has 0 aromatic carbocycles. The first-order valence-electron chi connectivity index (χ1n) is 6.40. The highest BCUT2D eigenvalue weighted by atomic mass is 16.5. The molecule has 1 amide bonds. The maximum atomic E-state index is 12.2. The Balaban J connectivity index is 2.59. The summed E-state index contributed by atoms with van der Waals surface area (Å²) in [5.74, 6) is 0.0404. The van der Waals surface area contributed by atoms with Crippen molar-refractivity contribution in [2.24, 2.45) is 11.1 Å². The van der Waals surface area contributed by atoms with Gasteiger partial charge in [-0.2, -0.15) is 0 Å². The maximum absolute atomic E-state index is 12.2. The molecule has 2 atom stereocenters. The Bertz CT molecular complexity index is 261. The molecule has 1 aliphatic rings. The summed E-state index contributed by atoms with van der Waals surface area (Å²) in [6.45, 7) is 7.78. The first kappa shape index (κ1) is 14.5. The fraction of sp³-hybridized carbons (Fsp3) is 0.923. The van der Waals surface area contributed by atoms with Crippen molar-refractivity contribution >= 4 is 5.91 Å². The minimum atomic E-state index is -0.513. The third-order valence-electron chi connectivity index (χ3n) is 3.17. The van der Waals surface area contributed by atoms with E-state index in [2.05, 4.69) is 20.8 Å². The quantitative estimate of drug-likeness (QED) is 0.810. The zero-order chi connectivity index (χ0) is 13.1. The van der Waals surface area contributed by atoms with E-state index >= 15 is 0 Å². The number of nitrogens with zero attached hydrogens (tertiary/aromatic N) is 1. The highest BCUT2D eigenvalue weighted by Gasteiger charge is 2.33. The summed E-state index contributed by atoms with van der Waals surface area (Å²) in [7, 11) is 1.57. The van der Waals surface area contributed by atoms with E-state index in [1.54, 1.807) is 7.11 Å². The maximum Gasteiger partial charge on any atom is 0.242 e. The molecule has 0 bridgehead atoms. The second-order valence-electron chi connectivity index (χ2n) is 6.15. The average molecular weight is 242 g/mol. The number of likely N-dealkylation sites (tertiary alicyclic amines) is 1. The minimum Gasteiger partial charge on any atom is -0.383 e. The van der Waals surface area contributed by atoms with E-state index in [0.29, 0.717) is 12.6 Å². The second-order valence-corrected chi connectivity index (χ2v) is 6.15. The van der Waals surface area contributed by atoms with Crippen LogP contribution in [0, 0.1) is 5.41 Å². The zero-order valence-electron chi connectivity index (χ0n) is 11.5. The summed E-state index contributed by atoms with van der Waals surface area (Å²) in [6.07, 6.45) is 3.23. The van der Waals surface area contributed by atoms with E-state index in [9.17, 15) is 4.79 Å². The Hall–Kier alpha value is -0.610. The van der Waals surface area contributed by atoms with Gasteiger partial charge in [0.2, 0.25) is 5.91 Å². The standard InChI is InChI=1S/C13H26N2O2/c1-13(2,3)8-10-6-5-7-15(10)12(16)11(14)9-17-4/h10-11H,5-9,14H2,1-4H3. The Morgan fingerprint density at radius 2 is 2.18 bits per heavy atom. The van der Waals surface area contributed by atoms with Crippen molar-refractivity contribution < 1.29 is 9.53 Å². The number of amides is 1. The number of methoxy groups -OCH3 is 1. The molecule has 1 heterocycles. The molecule has 1 fully saturated rings. The van der Waals surface area contributed by atoms with Crippen LogP contribution in [-0.4, -0.2) is 43.2 Å². The molecular formula is C13H26N2O2. The van der Waals surface area contributed by atoms with Gasteiger partial charge < -0.3 is 15.4 Å².